The minimum atomic E-state index is 0.224. The quantitative estimate of drug-likeness (QED) is 0.651. The molecule has 3 heteroatoms. The largest absolute Gasteiger partial charge is 0.384 e. The molecule has 0 aromatic heterocycles. The van der Waals surface area contributed by atoms with E-state index in [2.05, 4.69) is 74.3 Å². The Labute approximate surface area is 131 Å². The SMILES string of the molecule is COCCc1ccc(C(Br)c2cccc(Br)c2)cc1. The summed E-state index contributed by atoms with van der Waals surface area (Å²) in [5.41, 5.74) is 3.82. The van der Waals surface area contributed by atoms with E-state index < -0.39 is 0 Å². The Morgan fingerprint density at radius 1 is 1.05 bits per heavy atom. The summed E-state index contributed by atoms with van der Waals surface area (Å²) in [6.07, 6.45) is 0.959. The van der Waals surface area contributed by atoms with Crippen molar-refractivity contribution in [1.82, 2.24) is 0 Å². The summed E-state index contributed by atoms with van der Waals surface area (Å²) in [5.74, 6) is 0. The highest BCUT2D eigenvalue weighted by Crippen LogP contribution is 2.32. The molecule has 19 heavy (non-hydrogen) atoms. The highest BCUT2D eigenvalue weighted by molar-refractivity contribution is 9.10. The van der Waals surface area contributed by atoms with E-state index in [4.69, 9.17) is 4.74 Å². The molecule has 2 aromatic carbocycles. The molecular formula is C16H16Br2O. The van der Waals surface area contributed by atoms with Crippen LogP contribution in [0.4, 0.5) is 0 Å². The van der Waals surface area contributed by atoms with E-state index in [1.807, 2.05) is 6.07 Å². The molecule has 0 aliphatic carbocycles. The van der Waals surface area contributed by atoms with Crippen molar-refractivity contribution in [3.8, 4) is 0 Å². The lowest BCUT2D eigenvalue weighted by atomic mass is 10.0. The lowest BCUT2D eigenvalue weighted by molar-refractivity contribution is 0.202. The van der Waals surface area contributed by atoms with Gasteiger partial charge in [0.15, 0.2) is 0 Å². The predicted molar refractivity (Wildman–Crippen MR) is 86.9 cm³/mol. The van der Waals surface area contributed by atoms with Gasteiger partial charge < -0.3 is 4.74 Å². The third kappa shape index (κ3) is 4.16. The van der Waals surface area contributed by atoms with Crippen molar-refractivity contribution in [2.24, 2.45) is 0 Å². The Bertz CT molecular complexity index is 523. The van der Waals surface area contributed by atoms with E-state index in [0.717, 1.165) is 17.5 Å². The Hall–Kier alpha value is -0.640. The van der Waals surface area contributed by atoms with Crippen molar-refractivity contribution in [2.75, 3.05) is 13.7 Å². The van der Waals surface area contributed by atoms with Crippen LogP contribution in [-0.4, -0.2) is 13.7 Å². The molecule has 0 fully saturated rings. The van der Waals surface area contributed by atoms with Gasteiger partial charge in [0.05, 0.1) is 11.4 Å². The minimum Gasteiger partial charge on any atom is -0.384 e. The van der Waals surface area contributed by atoms with E-state index >= 15 is 0 Å². The first kappa shape index (κ1) is 14.8. The van der Waals surface area contributed by atoms with Crippen LogP contribution in [0, 0.1) is 0 Å². The lowest BCUT2D eigenvalue weighted by Crippen LogP contribution is -1.96. The first-order chi connectivity index (χ1) is 9.20. The normalized spacial score (nSPS) is 12.4. The van der Waals surface area contributed by atoms with E-state index in [1.165, 1.54) is 16.7 Å². The molecule has 0 saturated carbocycles. The van der Waals surface area contributed by atoms with Gasteiger partial charge in [-0.05, 0) is 35.2 Å². The maximum Gasteiger partial charge on any atom is 0.0645 e. The molecule has 2 rings (SSSR count). The summed E-state index contributed by atoms with van der Waals surface area (Å²) in [6.45, 7) is 0.767. The van der Waals surface area contributed by atoms with Crippen molar-refractivity contribution in [1.29, 1.82) is 0 Å². The van der Waals surface area contributed by atoms with Crippen LogP contribution in [0.25, 0.3) is 0 Å². The Kier molecular flexibility index (Phi) is 5.61. The summed E-state index contributed by atoms with van der Waals surface area (Å²) in [4.78, 5) is 0.224. The Morgan fingerprint density at radius 3 is 2.42 bits per heavy atom. The molecular weight excluding hydrogens is 368 g/mol. The maximum atomic E-state index is 5.09. The zero-order valence-corrected chi connectivity index (χ0v) is 13.9. The van der Waals surface area contributed by atoms with Crippen LogP contribution in [0.1, 0.15) is 21.5 Å². The Morgan fingerprint density at radius 2 is 1.79 bits per heavy atom. The number of ether oxygens (including phenoxy) is 1. The number of hydrogen-bond donors (Lipinski definition) is 0. The summed E-state index contributed by atoms with van der Waals surface area (Å²) in [7, 11) is 1.73. The standard InChI is InChI=1S/C16H16Br2O/c1-19-10-9-12-5-7-13(8-6-12)16(18)14-3-2-4-15(17)11-14/h2-8,11,16H,9-10H2,1H3. The fourth-order valence-corrected chi connectivity index (χ4v) is 2.94. The smallest absolute Gasteiger partial charge is 0.0645 e. The second-order valence-corrected chi connectivity index (χ2v) is 6.23. The zero-order valence-electron chi connectivity index (χ0n) is 10.8. The van der Waals surface area contributed by atoms with Gasteiger partial charge >= 0.3 is 0 Å². The van der Waals surface area contributed by atoms with Gasteiger partial charge in [0.25, 0.3) is 0 Å². The van der Waals surface area contributed by atoms with Crippen molar-refractivity contribution in [2.45, 2.75) is 11.2 Å². The average molecular weight is 384 g/mol. The summed E-state index contributed by atoms with van der Waals surface area (Å²) in [5, 5.41) is 0. The molecule has 100 valence electrons. The predicted octanol–water partition coefficient (Wildman–Crippen LogP) is 5.12. The topological polar surface area (TPSA) is 9.23 Å². The second-order valence-electron chi connectivity index (χ2n) is 4.40. The fraction of sp³-hybridized carbons (Fsp3) is 0.250. The van der Waals surface area contributed by atoms with E-state index in [1.54, 1.807) is 7.11 Å². The van der Waals surface area contributed by atoms with Crippen molar-refractivity contribution >= 4 is 31.9 Å². The summed E-state index contributed by atoms with van der Waals surface area (Å²) >= 11 is 7.27. The van der Waals surface area contributed by atoms with E-state index in [-0.39, 0.29) is 4.83 Å². The molecule has 0 aliphatic heterocycles. The molecule has 0 amide bonds. The average Bonchev–Trinajstić information content (AvgIpc) is 2.45. The van der Waals surface area contributed by atoms with Crippen molar-refractivity contribution in [3.63, 3.8) is 0 Å². The van der Waals surface area contributed by atoms with Gasteiger partial charge in [-0.1, -0.05) is 68.3 Å². The molecule has 1 atom stereocenters. The van der Waals surface area contributed by atoms with Gasteiger partial charge in [-0.15, -0.1) is 0 Å². The zero-order chi connectivity index (χ0) is 13.7. The van der Waals surface area contributed by atoms with Crippen LogP contribution < -0.4 is 0 Å². The molecule has 0 spiro atoms. The van der Waals surface area contributed by atoms with Gasteiger partial charge in [-0.25, -0.2) is 0 Å². The second kappa shape index (κ2) is 7.22. The highest BCUT2D eigenvalue weighted by Gasteiger charge is 2.10. The number of methoxy groups -OCH3 is 1. The summed E-state index contributed by atoms with van der Waals surface area (Å²) in [6, 6.07) is 17.0. The number of benzene rings is 2. The number of hydrogen-bond acceptors (Lipinski definition) is 1. The van der Waals surface area contributed by atoms with E-state index in [9.17, 15) is 0 Å². The minimum absolute atomic E-state index is 0.224. The van der Waals surface area contributed by atoms with Crippen LogP contribution in [0.5, 0.6) is 0 Å². The van der Waals surface area contributed by atoms with Gasteiger partial charge in [0.2, 0.25) is 0 Å². The van der Waals surface area contributed by atoms with Crippen molar-refractivity contribution in [3.05, 3.63) is 69.7 Å². The first-order valence-corrected chi connectivity index (χ1v) is 7.89. The van der Waals surface area contributed by atoms with Gasteiger partial charge in [-0.2, -0.15) is 0 Å². The molecule has 1 nitrogen and oxygen atoms in total. The maximum absolute atomic E-state index is 5.09. The number of alkyl halides is 1. The van der Waals surface area contributed by atoms with Crippen LogP contribution in [0.15, 0.2) is 53.0 Å². The molecule has 0 saturated heterocycles. The molecule has 0 N–H and O–H groups in total. The molecule has 2 aromatic rings. The third-order valence-electron chi connectivity index (χ3n) is 3.01. The lowest BCUT2D eigenvalue weighted by Gasteiger charge is -2.12. The van der Waals surface area contributed by atoms with E-state index in [0.29, 0.717) is 0 Å². The summed E-state index contributed by atoms with van der Waals surface area (Å²) < 4.78 is 6.19. The van der Waals surface area contributed by atoms with Gasteiger partial charge in [0, 0.05) is 11.6 Å². The van der Waals surface area contributed by atoms with Gasteiger partial charge in [-0.3, -0.25) is 0 Å². The van der Waals surface area contributed by atoms with Crippen molar-refractivity contribution < 1.29 is 4.74 Å². The fourth-order valence-electron chi connectivity index (χ4n) is 1.93. The number of rotatable bonds is 5. The first-order valence-electron chi connectivity index (χ1n) is 6.18. The molecule has 0 aliphatic rings. The van der Waals surface area contributed by atoms with Gasteiger partial charge in [0.1, 0.15) is 0 Å². The highest BCUT2D eigenvalue weighted by atomic mass is 79.9. The van der Waals surface area contributed by atoms with Crippen LogP contribution in [0.2, 0.25) is 0 Å². The van der Waals surface area contributed by atoms with Crippen LogP contribution in [-0.2, 0) is 11.2 Å². The molecule has 0 bridgehead atoms. The molecule has 1 unspecified atom stereocenters. The molecule has 0 radical (unpaired) electrons. The third-order valence-corrected chi connectivity index (χ3v) is 4.56. The monoisotopic (exact) mass is 382 g/mol. The van der Waals surface area contributed by atoms with Crippen LogP contribution >= 0.6 is 31.9 Å². The number of halogens is 2. The van der Waals surface area contributed by atoms with Crippen LogP contribution in [0.3, 0.4) is 0 Å². The Balaban J connectivity index is 2.13. The molecule has 0 heterocycles.